The van der Waals surface area contributed by atoms with Gasteiger partial charge in [-0.1, -0.05) is 6.92 Å². The molecule has 0 unspecified atom stereocenters. The number of hydrogen-bond donors (Lipinski definition) is 1. The molecule has 5 atom stereocenters. The van der Waals surface area contributed by atoms with Crippen LogP contribution in [-0.4, -0.2) is 30.2 Å². The van der Waals surface area contributed by atoms with Crippen molar-refractivity contribution < 1.29 is 19.1 Å². The van der Waals surface area contributed by atoms with Crippen molar-refractivity contribution in [3.8, 4) is 0 Å². The third-order valence-corrected chi connectivity index (χ3v) is 3.98. The van der Waals surface area contributed by atoms with Gasteiger partial charge in [-0.2, -0.15) is 0 Å². The molecule has 0 aromatic carbocycles. The summed E-state index contributed by atoms with van der Waals surface area (Å²) in [6.07, 6.45) is 0.146. The first kappa shape index (κ1) is 12.4. The Morgan fingerprint density at radius 1 is 1.47 bits per heavy atom. The Morgan fingerprint density at radius 3 is 2.65 bits per heavy atom. The van der Waals surface area contributed by atoms with E-state index in [-0.39, 0.29) is 29.9 Å². The molecule has 17 heavy (non-hydrogen) atoms. The number of carbonyl (C=O) groups is 2. The molecule has 2 aliphatic rings. The maximum atomic E-state index is 11.9. The van der Waals surface area contributed by atoms with Crippen molar-refractivity contribution in [3.05, 3.63) is 0 Å². The summed E-state index contributed by atoms with van der Waals surface area (Å²) in [6, 6.07) is 0. The third kappa shape index (κ3) is 1.82. The van der Waals surface area contributed by atoms with Gasteiger partial charge in [-0.05, 0) is 18.8 Å². The first-order valence-corrected chi connectivity index (χ1v) is 6.05. The highest BCUT2D eigenvalue weighted by Crippen LogP contribution is 2.62. The van der Waals surface area contributed by atoms with E-state index in [1.54, 1.807) is 6.92 Å². The summed E-state index contributed by atoms with van der Waals surface area (Å²) < 4.78 is 10.3. The van der Waals surface area contributed by atoms with Crippen LogP contribution in [0.15, 0.2) is 0 Å². The van der Waals surface area contributed by atoms with Crippen molar-refractivity contribution in [1.29, 1.82) is 0 Å². The number of rotatable bonds is 3. The van der Waals surface area contributed by atoms with Gasteiger partial charge in [0.2, 0.25) is 0 Å². The Balaban J connectivity index is 2.11. The summed E-state index contributed by atoms with van der Waals surface area (Å²) in [5.74, 6) is -0.0586. The largest absolute Gasteiger partial charge is 0.465 e. The van der Waals surface area contributed by atoms with E-state index in [0.717, 1.165) is 0 Å². The number of ether oxygens (including phenoxy) is 2. The van der Waals surface area contributed by atoms with E-state index in [2.05, 4.69) is 0 Å². The molecule has 0 saturated heterocycles. The molecule has 0 amide bonds. The monoisotopic (exact) mass is 241 g/mol. The van der Waals surface area contributed by atoms with Crippen LogP contribution in [0, 0.1) is 17.8 Å². The molecule has 5 nitrogen and oxygen atoms in total. The highest BCUT2D eigenvalue weighted by molar-refractivity contribution is 5.83. The van der Waals surface area contributed by atoms with Crippen LogP contribution in [0.25, 0.3) is 0 Å². The smallest absolute Gasteiger partial charge is 0.326 e. The van der Waals surface area contributed by atoms with E-state index >= 15 is 0 Å². The zero-order valence-corrected chi connectivity index (χ0v) is 10.4. The van der Waals surface area contributed by atoms with Crippen LogP contribution in [0.2, 0.25) is 0 Å². The lowest BCUT2D eigenvalue weighted by atomic mass is 9.91. The van der Waals surface area contributed by atoms with Crippen LogP contribution < -0.4 is 5.73 Å². The Morgan fingerprint density at radius 2 is 2.12 bits per heavy atom. The second kappa shape index (κ2) is 3.98. The van der Waals surface area contributed by atoms with Gasteiger partial charge in [-0.15, -0.1) is 0 Å². The molecule has 0 heterocycles. The Bertz CT molecular complexity index is 356. The molecule has 2 saturated carbocycles. The molecular formula is C12H19NO4. The standard InChI is InChI=1S/C12H19NO4/c1-4-16-11(15)12(13)5-8(17-7(3)14)9-6(2)10(9)12/h6,8-10H,4-5,13H2,1-3H3/t6-,8-,9+,10+,12-/m0/s1. The summed E-state index contributed by atoms with van der Waals surface area (Å²) in [5, 5.41) is 0. The van der Waals surface area contributed by atoms with Gasteiger partial charge >= 0.3 is 11.9 Å². The molecule has 0 aromatic rings. The predicted octanol–water partition coefficient (Wildman–Crippen LogP) is 0.464. The zero-order valence-electron chi connectivity index (χ0n) is 10.4. The van der Waals surface area contributed by atoms with Crippen LogP contribution in [-0.2, 0) is 19.1 Å². The van der Waals surface area contributed by atoms with Crippen molar-refractivity contribution in [2.45, 2.75) is 38.8 Å². The topological polar surface area (TPSA) is 78.6 Å². The molecule has 0 aliphatic heterocycles. The van der Waals surface area contributed by atoms with Crippen LogP contribution in [0.1, 0.15) is 27.2 Å². The van der Waals surface area contributed by atoms with Gasteiger partial charge in [0.1, 0.15) is 11.6 Å². The van der Waals surface area contributed by atoms with Gasteiger partial charge in [-0.3, -0.25) is 9.59 Å². The Kier molecular flexibility index (Phi) is 2.89. The predicted molar refractivity (Wildman–Crippen MR) is 59.9 cm³/mol. The van der Waals surface area contributed by atoms with E-state index in [0.29, 0.717) is 18.9 Å². The van der Waals surface area contributed by atoms with E-state index in [4.69, 9.17) is 15.2 Å². The fourth-order valence-corrected chi connectivity index (χ4v) is 3.30. The number of nitrogens with two attached hydrogens (primary N) is 1. The molecule has 0 bridgehead atoms. The fourth-order valence-electron chi connectivity index (χ4n) is 3.30. The summed E-state index contributed by atoms with van der Waals surface area (Å²) in [6.45, 7) is 5.49. The van der Waals surface area contributed by atoms with Crippen molar-refractivity contribution in [2.24, 2.45) is 23.5 Å². The summed E-state index contributed by atoms with van der Waals surface area (Å²) >= 11 is 0. The molecule has 0 aromatic heterocycles. The van der Waals surface area contributed by atoms with Crippen molar-refractivity contribution in [3.63, 3.8) is 0 Å². The zero-order chi connectivity index (χ0) is 12.8. The SMILES string of the molecule is CCOC(=O)[C@]1(N)C[C@H](OC(C)=O)[C@H]2[C@H](C)[C@H]21. The van der Waals surface area contributed by atoms with E-state index in [1.807, 2.05) is 6.92 Å². The maximum Gasteiger partial charge on any atom is 0.326 e. The number of fused-ring (bicyclic) bond motifs is 1. The van der Waals surface area contributed by atoms with Crippen LogP contribution in [0.5, 0.6) is 0 Å². The van der Waals surface area contributed by atoms with E-state index in [1.165, 1.54) is 6.92 Å². The van der Waals surface area contributed by atoms with Crippen molar-refractivity contribution >= 4 is 11.9 Å². The number of esters is 2. The molecule has 5 heteroatoms. The van der Waals surface area contributed by atoms with E-state index in [9.17, 15) is 9.59 Å². The van der Waals surface area contributed by atoms with Crippen molar-refractivity contribution in [2.75, 3.05) is 6.61 Å². The molecule has 2 aliphatic carbocycles. The van der Waals surface area contributed by atoms with Gasteiger partial charge in [-0.25, -0.2) is 0 Å². The van der Waals surface area contributed by atoms with Crippen LogP contribution in [0.4, 0.5) is 0 Å². The third-order valence-electron chi connectivity index (χ3n) is 3.98. The lowest BCUT2D eigenvalue weighted by Crippen LogP contribution is -2.51. The maximum absolute atomic E-state index is 11.9. The minimum atomic E-state index is -0.972. The van der Waals surface area contributed by atoms with Crippen molar-refractivity contribution in [1.82, 2.24) is 0 Å². The van der Waals surface area contributed by atoms with Crippen LogP contribution >= 0.6 is 0 Å². The summed E-state index contributed by atoms with van der Waals surface area (Å²) in [5.41, 5.74) is 5.19. The quantitative estimate of drug-likeness (QED) is 0.726. The molecule has 0 radical (unpaired) electrons. The molecule has 96 valence electrons. The van der Waals surface area contributed by atoms with Gasteiger partial charge < -0.3 is 15.2 Å². The fraction of sp³-hybridized carbons (Fsp3) is 0.833. The Labute approximate surface area is 101 Å². The molecular weight excluding hydrogens is 222 g/mol. The first-order valence-electron chi connectivity index (χ1n) is 6.05. The van der Waals surface area contributed by atoms with Gasteiger partial charge in [0.15, 0.2) is 0 Å². The molecule has 2 rings (SSSR count). The highest BCUT2D eigenvalue weighted by Gasteiger charge is 2.71. The summed E-state index contributed by atoms with van der Waals surface area (Å²) in [4.78, 5) is 22.9. The second-order valence-electron chi connectivity index (χ2n) is 5.08. The average molecular weight is 241 g/mol. The first-order chi connectivity index (χ1) is 7.91. The molecule has 0 spiro atoms. The molecule has 2 fully saturated rings. The number of carbonyl (C=O) groups excluding carboxylic acids is 2. The summed E-state index contributed by atoms with van der Waals surface area (Å²) in [7, 11) is 0. The highest BCUT2D eigenvalue weighted by atomic mass is 16.5. The lowest BCUT2D eigenvalue weighted by molar-refractivity contribution is -0.154. The van der Waals surface area contributed by atoms with Gasteiger partial charge in [0, 0.05) is 19.3 Å². The van der Waals surface area contributed by atoms with Gasteiger partial charge in [0.25, 0.3) is 0 Å². The van der Waals surface area contributed by atoms with Gasteiger partial charge in [0.05, 0.1) is 6.61 Å². The molecule has 2 N–H and O–H groups in total. The second-order valence-corrected chi connectivity index (χ2v) is 5.08. The minimum absolute atomic E-state index is 0.0888. The normalized spacial score (nSPS) is 42.8. The Hall–Kier alpha value is -1.10. The lowest BCUT2D eigenvalue weighted by Gasteiger charge is -2.26. The minimum Gasteiger partial charge on any atom is -0.465 e. The average Bonchev–Trinajstić information content (AvgIpc) is 2.78. The van der Waals surface area contributed by atoms with E-state index < -0.39 is 5.54 Å². The van der Waals surface area contributed by atoms with Crippen LogP contribution in [0.3, 0.4) is 0 Å². The number of hydrogen-bond acceptors (Lipinski definition) is 5.